The molecule has 1 rings (SSSR count). The third-order valence-corrected chi connectivity index (χ3v) is 3.79. The zero-order valence-corrected chi connectivity index (χ0v) is 13.9. The molecule has 1 aromatic carbocycles. The maximum atomic E-state index is 12.1. The number of rotatable bonds is 5. The van der Waals surface area contributed by atoms with Crippen molar-refractivity contribution in [2.45, 2.75) is 52.6 Å². The van der Waals surface area contributed by atoms with Crippen LogP contribution in [0.15, 0.2) is 22.7 Å². The van der Waals surface area contributed by atoms with Gasteiger partial charge in [0.25, 0.3) is 0 Å². The van der Waals surface area contributed by atoms with E-state index in [4.69, 9.17) is 0 Å². The van der Waals surface area contributed by atoms with Crippen molar-refractivity contribution in [1.82, 2.24) is 5.32 Å². The summed E-state index contributed by atoms with van der Waals surface area (Å²) in [4.78, 5) is 12.1. The topological polar surface area (TPSA) is 41.1 Å². The Balaban J connectivity index is 2.69. The van der Waals surface area contributed by atoms with Gasteiger partial charge in [-0.3, -0.25) is 4.79 Å². The molecule has 3 nitrogen and oxygen atoms in total. The van der Waals surface area contributed by atoms with E-state index in [2.05, 4.69) is 33.5 Å². The summed E-state index contributed by atoms with van der Waals surface area (Å²) >= 11 is 3.43. The average Bonchev–Trinajstić information content (AvgIpc) is 2.32. The Kier molecular flexibility index (Phi) is 5.41. The monoisotopic (exact) mass is 326 g/mol. The van der Waals surface area contributed by atoms with Gasteiger partial charge in [-0.2, -0.15) is 0 Å². The number of halogens is 1. The van der Waals surface area contributed by atoms with E-state index in [1.165, 1.54) is 0 Å². The summed E-state index contributed by atoms with van der Waals surface area (Å²) in [6.07, 6.45) is 0.906. The predicted molar refractivity (Wildman–Crippen MR) is 84.5 cm³/mol. The summed E-state index contributed by atoms with van der Waals surface area (Å²) < 4.78 is 1.04. The lowest BCUT2D eigenvalue weighted by Crippen LogP contribution is -2.48. The highest BCUT2D eigenvalue weighted by molar-refractivity contribution is 9.10. The molecule has 0 aliphatic heterocycles. The van der Waals surface area contributed by atoms with Gasteiger partial charge in [-0.15, -0.1) is 0 Å². The lowest BCUT2D eigenvalue weighted by Gasteiger charge is -2.27. The maximum absolute atomic E-state index is 12.1. The number of benzene rings is 1. The number of carbonyl (C=O) groups excluding carboxylic acids is 1. The lowest BCUT2D eigenvalue weighted by atomic mass is 10.0. The minimum atomic E-state index is -0.259. The van der Waals surface area contributed by atoms with E-state index in [9.17, 15) is 4.79 Å². The fourth-order valence-electron chi connectivity index (χ4n) is 1.62. The molecule has 2 N–H and O–H groups in total. The predicted octanol–water partition coefficient (Wildman–Crippen LogP) is 3.86. The Hall–Kier alpha value is -1.03. The summed E-state index contributed by atoms with van der Waals surface area (Å²) in [6, 6.07) is 5.72. The van der Waals surface area contributed by atoms with E-state index in [0.717, 1.165) is 22.1 Å². The van der Waals surface area contributed by atoms with Crippen LogP contribution in [0.1, 0.15) is 39.7 Å². The largest absolute Gasteiger partial charge is 0.374 e. The Bertz CT molecular complexity index is 457. The summed E-state index contributed by atoms with van der Waals surface area (Å²) in [5.74, 6) is 0.0224. The highest BCUT2D eigenvalue weighted by atomic mass is 79.9. The molecule has 1 aromatic rings. The van der Waals surface area contributed by atoms with Crippen molar-refractivity contribution < 1.29 is 4.79 Å². The summed E-state index contributed by atoms with van der Waals surface area (Å²) in [5.41, 5.74) is 1.94. The maximum Gasteiger partial charge on any atom is 0.242 e. The molecule has 19 heavy (non-hydrogen) atoms. The van der Waals surface area contributed by atoms with Crippen LogP contribution >= 0.6 is 15.9 Å². The Morgan fingerprint density at radius 2 is 2.05 bits per heavy atom. The van der Waals surface area contributed by atoms with Crippen molar-refractivity contribution in [2.24, 2.45) is 0 Å². The molecular weight excluding hydrogens is 304 g/mol. The number of aryl methyl sites for hydroxylation is 1. The molecule has 0 saturated carbocycles. The molecule has 0 aromatic heterocycles. The number of anilines is 1. The van der Waals surface area contributed by atoms with Gasteiger partial charge in [0.15, 0.2) is 0 Å². The van der Waals surface area contributed by atoms with E-state index < -0.39 is 0 Å². The first-order chi connectivity index (χ1) is 8.75. The molecule has 0 radical (unpaired) electrons. The van der Waals surface area contributed by atoms with Crippen LogP contribution < -0.4 is 10.6 Å². The standard InChI is InChI=1S/C15H23BrN2O/c1-6-15(4,5)18-14(19)11(3)17-13-8-7-12(16)9-10(13)2/h7-9,11,17H,6H2,1-5H3,(H,18,19). The van der Waals surface area contributed by atoms with E-state index >= 15 is 0 Å². The molecule has 0 heterocycles. The first-order valence-corrected chi connectivity index (χ1v) is 7.39. The third-order valence-electron chi connectivity index (χ3n) is 3.30. The first kappa shape index (κ1) is 16.0. The number of hydrogen-bond donors (Lipinski definition) is 2. The number of hydrogen-bond acceptors (Lipinski definition) is 2. The Morgan fingerprint density at radius 1 is 1.42 bits per heavy atom. The van der Waals surface area contributed by atoms with Crippen LogP contribution in [0.25, 0.3) is 0 Å². The highest BCUT2D eigenvalue weighted by Gasteiger charge is 2.21. The first-order valence-electron chi connectivity index (χ1n) is 6.60. The molecule has 1 atom stereocenters. The molecule has 1 unspecified atom stereocenters. The Morgan fingerprint density at radius 3 is 2.58 bits per heavy atom. The third kappa shape index (κ3) is 4.86. The second kappa shape index (κ2) is 6.42. The van der Waals surface area contributed by atoms with E-state index in [1.807, 2.05) is 45.9 Å². The van der Waals surface area contributed by atoms with Gasteiger partial charge in [0.1, 0.15) is 6.04 Å². The molecule has 1 amide bonds. The molecule has 4 heteroatoms. The van der Waals surface area contributed by atoms with Gasteiger partial charge < -0.3 is 10.6 Å². The van der Waals surface area contributed by atoms with Gasteiger partial charge >= 0.3 is 0 Å². The van der Waals surface area contributed by atoms with E-state index in [1.54, 1.807) is 0 Å². The van der Waals surface area contributed by atoms with Crippen LogP contribution in [-0.4, -0.2) is 17.5 Å². The minimum Gasteiger partial charge on any atom is -0.374 e. The fourth-order valence-corrected chi connectivity index (χ4v) is 2.09. The van der Waals surface area contributed by atoms with Crippen molar-refractivity contribution >= 4 is 27.5 Å². The summed E-state index contributed by atoms with van der Waals surface area (Å²) in [5, 5.41) is 6.30. The molecule has 0 aliphatic carbocycles. The van der Waals surface area contributed by atoms with Crippen molar-refractivity contribution in [1.29, 1.82) is 0 Å². The molecular formula is C15H23BrN2O. The zero-order valence-electron chi connectivity index (χ0n) is 12.3. The zero-order chi connectivity index (χ0) is 14.6. The van der Waals surface area contributed by atoms with E-state index in [0.29, 0.717) is 0 Å². The van der Waals surface area contributed by atoms with Gasteiger partial charge in [0, 0.05) is 15.7 Å². The second-order valence-corrected chi connectivity index (χ2v) is 6.47. The summed E-state index contributed by atoms with van der Waals surface area (Å²) in [7, 11) is 0. The average molecular weight is 327 g/mol. The minimum absolute atomic E-state index is 0.0224. The normalized spacial score (nSPS) is 12.9. The molecule has 0 bridgehead atoms. The van der Waals surface area contributed by atoms with Gasteiger partial charge in [0.05, 0.1) is 0 Å². The van der Waals surface area contributed by atoms with Crippen LogP contribution in [0.3, 0.4) is 0 Å². The van der Waals surface area contributed by atoms with Gasteiger partial charge in [-0.25, -0.2) is 0 Å². The van der Waals surface area contributed by atoms with Gasteiger partial charge in [0.2, 0.25) is 5.91 Å². The molecule has 0 fully saturated rings. The molecule has 0 spiro atoms. The Labute approximate surface area is 124 Å². The molecule has 106 valence electrons. The fraction of sp³-hybridized carbons (Fsp3) is 0.533. The summed E-state index contributed by atoms with van der Waals surface area (Å²) in [6.45, 7) is 10.0. The van der Waals surface area contributed by atoms with Gasteiger partial charge in [-0.05, 0) is 57.9 Å². The second-order valence-electron chi connectivity index (χ2n) is 5.55. The van der Waals surface area contributed by atoms with Gasteiger partial charge in [-0.1, -0.05) is 22.9 Å². The molecule has 0 aliphatic rings. The molecule has 0 saturated heterocycles. The van der Waals surface area contributed by atoms with Crippen LogP contribution in [0, 0.1) is 6.92 Å². The van der Waals surface area contributed by atoms with Crippen LogP contribution in [0.5, 0.6) is 0 Å². The quantitative estimate of drug-likeness (QED) is 0.862. The van der Waals surface area contributed by atoms with Crippen LogP contribution in [0.2, 0.25) is 0 Å². The SMILES string of the molecule is CCC(C)(C)NC(=O)C(C)Nc1ccc(Br)cc1C. The highest BCUT2D eigenvalue weighted by Crippen LogP contribution is 2.20. The van der Waals surface area contributed by atoms with Crippen molar-refractivity contribution in [3.63, 3.8) is 0 Å². The van der Waals surface area contributed by atoms with Crippen molar-refractivity contribution in [3.05, 3.63) is 28.2 Å². The number of carbonyl (C=O) groups is 1. The van der Waals surface area contributed by atoms with Crippen LogP contribution in [-0.2, 0) is 4.79 Å². The van der Waals surface area contributed by atoms with E-state index in [-0.39, 0.29) is 17.5 Å². The van der Waals surface area contributed by atoms with Crippen LogP contribution in [0.4, 0.5) is 5.69 Å². The van der Waals surface area contributed by atoms with Crippen molar-refractivity contribution in [2.75, 3.05) is 5.32 Å². The number of amides is 1. The lowest BCUT2D eigenvalue weighted by molar-refractivity contribution is -0.123. The smallest absolute Gasteiger partial charge is 0.242 e. The number of nitrogens with one attached hydrogen (secondary N) is 2. The van der Waals surface area contributed by atoms with Crippen molar-refractivity contribution in [3.8, 4) is 0 Å².